The van der Waals surface area contributed by atoms with Gasteiger partial charge in [0.15, 0.2) is 0 Å². The Kier molecular flexibility index (Phi) is 5.48. The highest BCUT2D eigenvalue weighted by molar-refractivity contribution is 5.94. The van der Waals surface area contributed by atoms with E-state index in [1.54, 1.807) is 42.3 Å². The van der Waals surface area contributed by atoms with E-state index >= 15 is 0 Å². The minimum Gasteiger partial charge on any atom is -0.471 e. The van der Waals surface area contributed by atoms with Crippen LogP contribution in [-0.4, -0.2) is 57.1 Å². The van der Waals surface area contributed by atoms with Gasteiger partial charge in [0.2, 0.25) is 5.88 Å². The van der Waals surface area contributed by atoms with E-state index in [1.807, 2.05) is 0 Å². The molecule has 1 aromatic carbocycles. The molecule has 1 fully saturated rings. The molecule has 1 saturated heterocycles. The quantitative estimate of drug-likeness (QED) is 0.656. The number of amides is 1. The van der Waals surface area contributed by atoms with Crippen LogP contribution in [0.15, 0.2) is 42.6 Å². The van der Waals surface area contributed by atoms with E-state index in [0.717, 1.165) is 0 Å². The van der Waals surface area contributed by atoms with Gasteiger partial charge in [-0.3, -0.25) is 4.79 Å². The van der Waals surface area contributed by atoms with E-state index in [4.69, 9.17) is 9.47 Å². The van der Waals surface area contributed by atoms with Gasteiger partial charge in [0.05, 0.1) is 18.8 Å². The van der Waals surface area contributed by atoms with Crippen molar-refractivity contribution in [2.45, 2.75) is 6.61 Å². The normalized spacial score (nSPS) is 14.1. The van der Waals surface area contributed by atoms with Crippen molar-refractivity contribution in [1.82, 2.24) is 24.9 Å². The average molecular weight is 397 g/mol. The van der Waals surface area contributed by atoms with Crippen LogP contribution in [0, 0.1) is 5.82 Å². The summed E-state index contributed by atoms with van der Waals surface area (Å²) in [5.74, 6) is -0.104. The highest BCUT2D eigenvalue weighted by Gasteiger charge is 2.19. The van der Waals surface area contributed by atoms with Crippen LogP contribution >= 0.6 is 0 Å². The number of pyridine rings is 1. The summed E-state index contributed by atoms with van der Waals surface area (Å²) in [6, 6.07) is 9.70. The van der Waals surface area contributed by atoms with Gasteiger partial charge in [-0.1, -0.05) is 17.3 Å². The standard InChI is InChI=1S/C20H20FN5O3/c1-25-17(19(23-24-25)15-4-2-3-5-16(15)21)13-29-18-7-6-14(12-22-18)20(27)26-8-10-28-11-9-26/h2-7,12H,8-11,13H2,1H3. The molecule has 2 aromatic heterocycles. The van der Waals surface area contributed by atoms with Crippen molar-refractivity contribution in [3.63, 3.8) is 0 Å². The molecule has 1 aliphatic rings. The summed E-state index contributed by atoms with van der Waals surface area (Å²) in [6.07, 6.45) is 1.49. The first-order chi connectivity index (χ1) is 14.1. The molecule has 0 unspecified atom stereocenters. The third-order valence-corrected chi connectivity index (χ3v) is 4.71. The van der Waals surface area contributed by atoms with Crippen LogP contribution in [0.25, 0.3) is 11.3 Å². The maximum atomic E-state index is 14.1. The number of nitrogens with zero attached hydrogens (tertiary/aromatic N) is 5. The summed E-state index contributed by atoms with van der Waals surface area (Å²) in [5.41, 5.74) is 1.89. The molecule has 9 heteroatoms. The van der Waals surface area contributed by atoms with E-state index in [2.05, 4.69) is 15.3 Å². The highest BCUT2D eigenvalue weighted by atomic mass is 19.1. The minimum atomic E-state index is -0.377. The summed E-state index contributed by atoms with van der Waals surface area (Å²) in [5, 5.41) is 8.03. The van der Waals surface area contributed by atoms with Gasteiger partial charge in [0, 0.05) is 38.0 Å². The molecule has 0 bridgehead atoms. The number of hydrogen-bond donors (Lipinski definition) is 0. The highest BCUT2D eigenvalue weighted by Crippen LogP contribution is 2.24. The van der Waals surface area contributed by atoms with Gasteiger partial charge < -0.3 is 14.4 Å². The minimum absolute atomic E-state index is 0.0787. The fourth-order valence-corrected chi connectivity index (χ4v) is 3.08. The van der Waals surface area contributed by atoms with Crippen LogP contribution in [0.4, 0.5) is 4.39 Å². The second kappa shape index (κ2) is 8.36. The fraction of sp³-hybridized carbons (Fsp3) is 0.300. The number of halogens is 1. The van der Waals surface area contributed by atoms with Gasteiger partial charge in [0.1, 0.15) is 23.8 Å². The van der Waals surface area contributed by atoms with Gasteiger partial charge in [0.25, 0.3) is 5.91 Å². The number of aromatic nitrogens is 4. The Bertz CT molecular complexity index is 1000. The first-order valence-corrected chi connectivity index (χ1v) is 9.23. The summed E-state index contributed by atoms with van der Waals surface area (Å²) >= 11 is 0. The largest absolute Gasteiger partial charge is 0.471 e. The summed E-state index contributed by atoms with van der Waals surface area (Å²) in [4.78, 5) is 18.4. The number of aryl methyl sites for hydroxylation is 1. The van der Waals surface area contributed by atoms with Crippen molar-refractivity contribution < 1.29 is 18.7 Å². The number of rotatable bonds is 5. The van der Waals surface area contributed by atoms with Crippen LogP contribution in [0.5, 0.6) is 5.88 Å². The Morgan fingerprint density at radius 2 is 2.00 bits per heavy atom. The summed E-state index contributed by atoms with van der Waals surface area (Å²) in [6.45, 7) is 2.34. The molecule has 1 aliphatic heterocycles. The van der Waals surface area contributed by atoms with Gasteiger partial charge in [-0.25, -0.2) is 14.1 Å². The first kappa shape index (κ1) is 19.0. The molecule has 29 heavy (non-hydrogen) atoms. The lowest BCUT2D eigenvalue weighted by molar-refractivity contribution is 0.0302. The molecular formula is C20H20FN5O3. The van der Waals surface area contributed by atoms with Crippen molar-refractivity contribution >= 4 is 5.91 Å². The monoisotopic (exact) mass is 397 g/mol. The third kappa shape index (κ3) is 4.09. The molecule has 0 atom stereocenters. The second-order valence-corrected chi connectivity index (χ2v) is 6.57. The molecule has 4 rings (SSSR count). The Morgan fingerprint density at radius 3 is 2.72 bits per heavy atom. The number of ether oxygens (including phenoxy) is 2. The Balaban J connectivity index is 1.46. The first-order valence-electron chi connectivity index (χ1n) is 9.23. The summed E-state index contributed by atoms with van der Waals surface area (Å²) < 4.78 is 26.7. The fourth-order valence-electron chi connectivity index (χ4n) is 3.08. The average Bonchev–Trinajstić information content (AvgIpc) is 3.13. The van der Waals surface area contributed by atoms with Crippen molar-refractivity contribution in [2.24, 2.45) is 7.05 Å². The van der Waals surface area contributed by atoms with Crippen LogP contribution in [-0.2, 0) is 18.4 Å². The van der Waals surface area contributed by atoms with Crippen molar-refractivity contribution in [1.29, 1.82) is 0 Å². The van der Waals surface area contributed by atoms with E-state index in [9.17, 15) is 9.18 Å². The maximum absolute atomic E-state index is 14.1. The number of carbonyl (C=O) groups excluding carboxylic acids is 1. The van der Waals surface area contributed by atoms with Crippen molar-refractivity contribution in [2.75, 3.05) is 26.3 Å². The third-order valence-electron chi connectivity index (χ3n) is 4.71. The molecule has 8 nitrogen and oxygen atoms in total. The topological polar surface area (TPSA) is 82.4 Å². The van der Waals surface area contributed by atoms with Crippen LogP contribution < -0.4 is 4.74 Å². The van der Waals surface area contributed by atoms with Crippen molar-refractivity contribution in [3.05, 3.63) is 59.7 Å². The van der Waals surface area contributed by atoms with Crippen LogP contribution in [0.3, 0.4) is 0 Å². The zero-order valence-electron chi connectivity index (χ0n) is 15.9. The zero-order chi connectivity index (χ0) is 20.2. The molecule has 0 aliphatic carbocycles. The number of hydrogen-bond acceptors (Lipinski definition) is 6. The van der Waals surface area contributed by atoms with Crippen molar-refractivity contribution in [3.8, 4) is 17.1 Å². The van der Waals surface area contributed by atoms with E-state index < -0.39 is 0 Å². The van der Waals surface area contributed by atoms with Gasteiger partial charge >= 0.3 is 0 Å². The van der Waals surface area contributed by atoms with E-state index in [0.29, 0.717) is 54.7 Å². The van der Waals surface area contributed by atoms with Gasteiger partial charge in [-0.05, 0) is 18.2 Å². The number of carbonyl (C=O) groups is 1. The molecule has 1 amide bonds. The molecule has 0 N–H and O–H groups in total. The SMILES string of the molecule is Cn1nnc(-c2ccccc2F)c1COc1ccc(C(=O)N2CCOCC2)cn1. The second-order valence-electron chi connectivity index (χ2n) is 6.57. The van der Waals surface area contributed by atoms with E-state index in [1.165, 1.54) is 16.9 Å². The number of benzene rings is 1. The molecular weight excluding hydrogens is 377 g/mol. The predicted octanol–water partition coefficient (Wildman–Crippen LogP) is 2.07. The molecule has 150 valence electrons. The summed E-state index contributed by atoms with van der Waals surface area (Å²) in [7, 11) is 1.72. The molecule has 3 aromatic rings. The van der Waals surface area contributed by atoms with E-state index in [-0.39, 0.29) is 18.3 Å². The molecule has 0 radical (unpaired) electrons. The van der Waals surface area contributed by atoms with Crippen LogP contribution in [0.1, 0.15) is 16.1 Å². The van der Waals surface area contributed by atoms with Crippen LogP contribution in [0.2, 0.25) is 0 Å². The smallest absolute Gasteiger partial charge is 0.255 e. The zero-order valence-corrected chi connectivity index (χ0v) is 15.9. The lowest BCUT2D eigenvalue weighted by atomic mass is 10.1. The molecule has 0 spiro atoms. The predicted molar refractivity (Wildman–Crippen MR) is 102 cm³/mol. The lowest BCUT2D eigenvalue weighted by Gasteiger charge is -2.26. The van der Waals surface area contributed by atoms with Gasteiger partial charge in [-0.15, -0.1) is 5.10 Å². The lowest BCUT2D eigenvalue weighted by Crippen LogP contribution is -2.40. The Morgan fingerprint density at radius 1 is 1.21 bits per heavy atom. The molecule has 3 heterocycles. The molecule has 0 saturated carbocycles. The maximum Gasteiger partial charge on any atom is 0.255 e. The van der Waals surface area contributed by atoms with Gasteiger partial charge in [-0.2, -0.15) is 0 Å². The Labute approximate surface area is 166 Å². The Hall–Kier alpha value is -3.33. The number of morpholine rings is 1.